The molecule has 0 radical (unpaired) electrons. The molecule has 1 aliphatic heterocycles. The second-order valence-corrected chi connectivity index (χ2v) is 10.5. The summed E-state index contributed by atoms with van der Waals surface area (Å²) in [5, 5.41) is 2.71. The molecule has 0 saturated carbocycles. The van der Waals surface area contributed by atoms with Crippen LogP contribution in [0.3, 0.4) is 0 Å². The first-order valence-electron chi connectivity index (χ1n) is 12.9. The number of nitrogens with one attached hydrogen (secondary N) is 1. The highest BCUT2D eigenvalue weighted by molar-refractivity contribution is 5.94. The van der Waals surface area contributed by atoms with Crippen LogP contribution < -0.4 is 5.32 Å². The second-order valence-electron chi connectivity index (χ2n) is 10.5. The van der Waals surface area contributed by atoms with Crippen molar-refractivity contribution in [3.63, 3.8) is 0 Å². The molecule has 2 amide bonds. The predicted molar refractivity (Wildman–Crippen MR) is 146 cm³/mol. The molecule has 0 bridgehead atoms. The Morgan fingerprint density at radius 2 is 1.76 bits per heavy atom. The summed E-state index contributed by atoms with van der Waals surface area (Å²) < 4.78 is 20.0. The highest BCUT2D eigenvalue weighted by atomic mass is 19.1. The summed E-state index contributed by atoms with van der Waals surface area (Å²) in [5.41, 5.74) is 4.35. The van der Waals surface area contributed by atoms with Gasteiger partial charge in [-0.2, -0.15) is 0 Å². The molecule has 3 aromatic rings. The van der Waals surface area contributed by atoms with Crippen molar-refractivity contribution in [2.24, 2.45) is 0 Å². The fourth-order valence-electron chi connectivity index (χ4n) is 4.37. The third-order valence-electron chi connectivity index (χ3n) is 6.30. The van der Waals surface area contributed by atoms with Gasteiger partial charge in [-0.3, -0.25) is 9.78 Å². The number of rotatable bonds is 7. The van der Waals surface area contributed by atoms with Gasteiger partial charge in [0.05, 0.1) is 5.56 Å². The minimum atomic E-state index is -0.589. The first-order valence-corrected chi connectivity index (χ1v) is 12.9. The summed E-state index contributed by atoms with van der Waals surface area (Å²) in [6, 6.07) is 16.9. The molecule has 4 rings (SSSR count). The summed E-state index contributed by atoms with van der Waals surface area (Å²) in [5.74, 6) is -0.405. The normalized spacial score (nSPS) is 13.6. The van der Waals surface area contributed by atoms with Crippen molar-refractivity contribution in [2.75, 3.05) is 13.1 Å². The second kappa shape index (κ2) is 12.0. The third-order valence-corrected chi connectivity index (χ3v) is 6.30. The molecule has 38 heavy (non-hydrogen) atoms. The smallest absolute Gasteiger partial charge is 0.407 e. The lowest BCUT2D eigenvalue weighted by molar-refractivity contribution is 0.0523. The van der Waals surface area contributed by atoms with E-state index in [1.807, 2.05) is 30.3 Å². The molecular formula is C31H34FN3O3. The average Bonchev–Trinajstić information content (AvgIpc) is 2.91. The van der Waals surface area contributed by atoms with Crippen molar-refractivity contribution in [3.05, 3.63) is 107 Å². The van der Waals surface area contributed by atoms with E-state index in [9.17, 15) is 14.0 Å². The van der Waals surface area contributed by atoms with Gasteiger partial charge in [0.25, 0.3) is 5.91 Å². The number of hydrogen-bond acceptors (Lipinski definition) is 4. The van der Waals surface area contributed by atoms with Crippen LogP contribution in [0.15, 0.2) is 73.1 Å². The summed E-state index contributed by atoms with van der Waals surface area (Å²) in [6.45, 7) is 6.50. The Morgan fingerprint density at radius 3 is 2.47 bits per heavy atom. The molecule has 0 unspecified atom stereocenters. The maximum Gasteiger partial charge on any atom is 0.407 e. The van der Waals surface area contributed by atoms with Crippen molar-refractivity contribution < 1.29 is 18.7 Å². The Bertz CT molecular complexity index is 1320. The van der Waals surface area contributed by atoms with Crippen LogP contribution in [0.1, 0.15) is 59.8 Å². The van der Waals surface area contributed by atoms with E-state index < -0.39 is 11.7 Å². The van der Waals surface area contributed by atoms with Gasteiger partial charge < -0.3 is 15.0 Å². The van der Waals surface area contributed by atoms with Crippen LogP contribution in [0.5, 0.6) is 0 Å². The largest absolute Gasteiger partial charge is 0.444 e. The van der Waals surface area contributed by atoms with E-state index in [4.69, 9.17) is 4.74 Å². The molecule has 0 spiro atoms. The number of aromatic nitrogens is 1. The standard InChI is InChI=1S/C31H34FN3O3/c1-31(2,3)38-30(37)34-20-24-11-12-28(32)27(18-24)25-13-15-35(16-14-25)29(36)26-17-23(19-33-21-26)10-9-22-7-5-4-6-8-22/h4-8,11-13,17-19,21H,9-10,14-16,20H2,1-3H3,(H,34,37). The molecule has 1 aliphatic rings. The van der Waals surface area contributed by atoms with Crippen molar-refractivity contribution in [1.29, 1.82) is 0 Å². The average molecular weight is 516 g/mol. The number of pyridine rings is 1. The SMILES string of the molecule is CC(C)(C)OC(=O)NCc1ccc(F)c(C2=CCN(C(=O)c3cncc(CCc4ccccc4)c3)CC2)c1. The highest BCUT2D eigenvalue weighted by Crippen LogP contribution is 2.26. The predicted octanol–water partition coefficient (Wildman–Crippen LogP) is 5.96. The first kappa shape index (κ1) is 27.0. The van der Waals surface area contributed by atoms with Crippen LogP contribution in [-0.4, -0.2) is 40.6 Å². The fourth-order valence-corrected chi connectivity index (χ4v) is 4.37. The zero-order valence-corrected chi connectivity index (χ0v) is 22.2. The Morgan fingerprint density at radius 1 is 1.00 bits per heavy atom. The van der Waals surface area contributed by atoms with Crippen molar-refractivity contribution in [2.45, 2.75) is 52.2 Å². The van der Waals surface area contributed by atoms with E-state index >= 15 is 0 Å². The van der Waals surface area contributed by atoms with Gasteiger partial charge in [-0.1, -0.05) is 42.5 Å². The summed E-state index contributed by atoms with van der Waals surface area (Å²) >= 11 is 0. The number of nitrogens with zero attached hydrogens (tertiary/aromatic N) is 2. The van der Waals surface area contributed by atoms with Crippen LogP contribution in [0.25, 0.3) is 5.57 Å². The van der Waals surface area contributed by atoms with Gasteiger partial charge in [0.1, 0.15) is 11.4 Å². The van der Waals surface area contributed by atoms with Gasteiger partial charge in [-0.25, -0.2) is 9.18 Å². The number of alkyl carbamates (subject to hydrolysis) is 1. The number of ether oxygens (including phenoxy) is 1. The molecular weight excluding hydrogens is 481 g/mol. The van der Waals surface area contributed by atoms with E-state index in [1.54, 1.807) is 50.2 Å². The van der Waals surface area contributed by atoms with Crippen LogP contribution in [0, 0.1) is 5.82 Å². The molecule has 2 aromatic carbocycles. The fraction of sp³-hybridized carbons (Fsp3) is 0.323. The third kappa shape index (κ3) is 7.51. The van der Waals surface area contributed by atoms with Gasteiger partial charge in [0, 0.05) is 37.6 Å². The van der Waals surface area contributed by atoms with Crippen molar-refractivity contribution in [3.8, 4) is 0 Å². The highest BCUT2D eigenvalue weighted by Gasteiger charge is 2.22. The topological polar surface area (TPSA) is 71.5 Å². The van der Waals surface area contributed by atoms with Crippen LogP contribution in [0.2, 0.25) is 0 Å². The Balaban J connectivity index is 1.37. The van der Waals surface area contributed by atoms with Gasteiger partial charge >= 0.3 is 6.09 Å². The molecule has 0 aliphatic carbocycles. The summed E-state index contributed by atoms with van der Waals surface area (Å²) in [7, 11) is 0. The number of halogens is 1. The maximum absolute atomic E-state index is 14.7. The van der Waals surface area contributed by atoms with Gasteiger partial charge in [0.15, 0.2) is 0 Å². The zero-order chi connectivity index (χ0) is 27.1. The number of carbonyl (C=O) groups excluding carboxylic acids is 2. The molecule has 6 nitrogen and oxygen atoms in total. The number of hydrogen-bond donors (Lipinski definition) is 1. The van der Waals surface area contributed by atoms with E-state index in [0.29, 0.717) is 30.6 Å². The first-order chi connectivity index (χ1) is 18.2. The van der Waals surface area contributed by atoms with Crippen molar-refractivity contribution in [1.82, 2.24) is 15.2 Å². The van der Waals surface area contributed by atoms with Crippen molar-refractivity contribution >= 4 is 17.6 Å². The number of amides is 2. The molecule has 0 atom stereocenters. The number of benzene rings is 2. The molecule has 1 N–H and O–H groups in total. The molecule has 1 aromatic heterocycles. The molecule has 7 heteroatoms. The minimum absolute atomic E-state index is 0.0786. The molecule has 198 valence electrons. The molecule has 0 saturated heterocycles. The Labute approximate surface area is 223 Å². The number of aryl methyl sites for hydroxylation is 2. The van der Waals surface area contributed by atoms with Gasteiger partial charge in [-0.15, -0.1) is 0 Å². The van der Waals surface area contributed by atoms with E-state index in [2.05, 4.69) is 22.4 Å². The Kier molecular flexibility index (Phi) is 8.56. The molecule has 2 heterocycles. The minimum Gasteiger partial charge on any atom is -0.444 e. The van der Waals surface area contributed by atoms with Gasteiger partial charge in [0.2, 0.25) is 0 Å². The summed E-state index contributed by atoms with van der Waals surface area (Å²) in [4.78, 5) is 31.2. The van der Waals surface area contributed by atoms with Crippen LogP contribution in [0.4, 0.5) is 9.18 Å². The molecule has 0 fully saturated rings. The zero-order valence-electron chi connectivity index (χ0n) is 22.2. The maximum atomic E-state index is 14.7. The van der Waals surface area contributed by atoms with E-state index in [-0.39, 0.29) is 18.3 Å². The number of carbonyl (C=O) groups is 2. The van der Waals surface area contributed by atoms with E-state index in [1.165, 1.54) is 11.6 Å². The van der Waals surface area contributed by atoms with E-state index in [0.717, 1.165) is 29.5 Å². The lowest BCUT2D eigenvalue weighted by Gasteiger charge is -2.27. The lowest BCUT2D eigenvalue weighted by atomic mass is 9.96. The monoisotopic (exact) mass is 515 g/mol. The van der Waals surface area contributed by atoms with Crippen LogP contribution >= 0.6 is 0 Å². The summed E-state index contributed by atoms with van der Waals surface area (Å²) in [6.07, 6.45) is 7.02. The Hall–Kier alpha value is -4.00. The lowest BCUT2D eigenvalue weighted by Crippen LogP contribution is -2.35. The van der Waals surface area contributed by atoms with Crippen LogP contribution in [-0.2, 0) is 24.1 Å². The quantitative estimate of drug-likeness (QED) is 0.422. The van der Waals surface area contributed by atoms with Gasteiger partial charge in [-0.05, 0) is 80.5 Å².